The van der Waals surface area contributed by atoms with Crippen LogP contribution in [0.15, 0.2) is 0 Å². The Morgan fingerprint density at radius 1 is 0.611 bits per heavy atom. The average Bonchev–Trinajstić information content (AvgIpc) is 1.96. The second-order valence-corrected chi connectivity index (χ2v) is 4.91. The lowest BCUT2D eigenvalue weighted by atomic mass is 10.3. The molecule has 1 nitrogen and oxygen atoms in total. The molecule has 0 aliphatic rings. The van der Waals surface area contributed by atoms with Crippen molar-refractivity contribution in [2.45, 2.75) is 27.3 Å². The van der Waals surface area contributed by atoms with Crippen LogP contribution < -0.4 is 0 Å². The van der Waals surface area contributed by atoms with Gasteiger partial charge in [0.05, 0.1) is 0 Å². The van der Waals surface area contributed by atoms with Crippen molar-refractivity contribution in [2.24, 2.45) is 0 Å². The lowest BCUT2D eigenvalue weighted by Crippen LogP contribution is -2.56. The number of ether oxygens (including phenoxy) is 1. The average molecular weight is 370 g/mol. The summed E-state index contributed by atoms with van der Waals surface area (Å²) in [6.07, 6.45) is -5.86. The molecule has 0 aromatic rings. The summed E-state index contributed by atoms with van der Waals surface area (Å²) in [4.78, 5) is 0. The Labute approximate surface area is 114 Å². The Balaban J connectivity index is 5.33. The van der Waals surface area contributed by atoms with E-state index in [1.54, 1.807) is 0 Å². The Morgan fingerprint density at radius 3 is 1.17 bits per heavy atom. The first-order chi connectivity index (χ1) is 7.46. The van der Waals surface area contributed by atoms with Crippen molar-refractivity contribution in [3.8, 4) is 0 Å². The highest BCUT2D eigenvalue weighted by molar-refractivity contribution is 6.48. The molecule has 0 bridgehead atoms. The maximum atomic E-state index is 12.7. The third-order valence-corrected chi connectivity index (χ3v) is 2.39. The van der Waals surface area contributed by atoms with E-state index in [1.807, 2.05) is 0 Å². The van der Waals surface area contributed by atoms with Gasteiger partial charge in [-0.2, -0.15) is 35.1 Å². The van der Waals surface area contributed by atoms with Crippen LogP contribution in [0.5, 0.6) is 0 Å². The van der Waals surface area contributed by atoms with Crippen molar-refractivity contribution in [3.05, 3.63) is 0 Å². The van der Waals surface area contributed by atoms with E-state index >= 15 is 0 Å². The van der Waals surface area contributed by atoms with Gasteiger partial charge in [0, 0.05) is 0 Å². The van der Waals surface area contributed by atoms with Gasteiger partial charge < -0.3 is 0 Å². The fourth-order valence-electron chi connectivity index (χ4n) is 0.448. The zero-order valence-corrected chi connectivity index (χ0v) is 10.5. The van der Waals surface area contributed by atoms with Crippen molar-refractivity contribution in [2.75, 3.05) is 0 Å². The van der Waals surface area contributed by atoms with E-state index in [9.17, 15) is 35.1 Å². The van der Waals surface area contributed by atoms with Crippen LogP contribution in [-0.4, -0.2) is 27.3 Å². The van der Waals surface area contributed by atoms with Gasteiger partial charge in [0.2, 0.25) is 0 Å². The third-order valence-electron chi connectivity index (χ3n) is 1.31. The van der Waals surface area contributed by atoms with Crippen LogP contribution in [0.3, 0.4) is 0 Å². The minimum Gasteiger partial charge on any atom is -0.271 e. The van der Waals surface area contributed by atoms with E-state index in [-0.39, 0.29) is 0 Å². The lowest BCUT2D eigenvalue weighted by molar-refractivity contribution is -0.361. The van der Waals surface area contributed by atoms with Crippen molar-refractivity contribution >= 4 is 46.4 Å². The van der Waals surface area contributed by atoms with Crippen LogP contribution in [0, 0.1) is 0 Å². The molecule has 0 radical (unpaired) electrons. The first-order valence-corrected chi connectivity index (χ1v) is 4.94. The molecule has 0 saturated carbocycles. The summed E-state index contributed by atoms with van der Waals surface area (Å²) in [5.41, 5.74) is 0. The topological polar surface area (TPSA) is 9.23 Å². The molecule has 0 rings (SSSR count). The molecule has 0 N–H and O–H groups in total. The van der Waals surface area contributed by atoms with Crippen LogP contribution in [0.4, 0.5) is 35.1 Å². The van der Waals surface area contributed by atoms with Gasteiger partial charge in [-0.3, -0.25) is 4.74 Å². The van der Waals surface area contributed by atoms with Crippen molar-refractivity contribution in [3.63, 3.8) is 0 Å². The highest BCUT2D eigenvalue weighted by Gasteiger charge is 2.73. The third kappa shape index (κ3) is 3.56. The summed E-state index contributed by atoms with van der Waals surface area (Å²) in [6, 6.07) is 0. The molecular weight excluding hydrogens is 370 g/mol. The zero-order chi connectivity index (χ0) is 15.2. The van der Waals surface area contributed by atoms with E-state index in [4.69, 9.17) is 0 Å². The summed E-state index contributed by atoms with van der Waals surface area (Å²) in [5, 5.41) is -11.1. The van der Waals surface area contributed by atoms with E-state index in [1.165, 1.54) is 0 Å². The van der Waals surface area contributed by atoms with Crippen LogP contribution in [0.25, 0.3) is 0 Å². The standard InChI is InChI=1S/C5Cl4F8O/c6-2(7,1(10,11)3(8,12)13)18-5(16,17)4(9,14)15. The molecule has 0 spiro atoms. The van der Waals surface area contributed by atoms with Crippen molar-refractivity contribution in [1.82, 2.24) is 0 Å². The van der Waals surface area contributed by atoms with Crippen LogP contribution in [-0.2, 0) is 4.74 Å². The van der Waals surface area contributed by atoms with Crippen molar-refractivity contribution < 1.29 is 39.9 Å². The second kappa shape index (κ2) is 4.83. The van der Waals surface area contributed by atoms with Gasteiger partial charge in [-0.1, -0.05) is 23.2 Å². The van der Waals surface area contributed by atoms with Gasteiger partial charge in [0.25, 0.3) is 4.52 Å². The maximum Gasteiger partial charge on any atom is 0.437 e. The predicted octanol–water partition coefficient (Wildman–Crippen LogP) is 5.03. The molecule has 13 heteroatoms. The fourth-order valence-corrected chi connectivity index (χ4v) is 1.15. The van der Waals surface area contributed by atoms with E-state index in [2.05, 4.69) is 51.1 Å². The Hall–Kier alpha value is 0.560. The fraction of sp³-hybridized carbons (Fsp3) is 1.00. The minimum absolute atomic E-state index is 2.58. The number of alkyl halides is 12. The number of rotatable bonds is 5. The van der Waals surface area contributed by atoms with Crippen LogP contribution in [0.2, 0.25) is 0 Å². The monoisotopic (exact) mass is 368 g/mol. The second-order valence-electron chi connectivity index (χ2n) is 2.71. The predicted molar refractivity (Wildman–Crippen MR) is 47.0 cm³/mol. The summed E-state index contributed by atoms with van der Waals surface area (Å²) < 4.78 is 96.6. The smallest absolute Gasteiger partial charge is 0.271 e. The molecule has 0 aromatic carbocycles. The Morgan fingerprint density at radius 2 is 0.944 bits per heavy atom. The quantitative estimate of drug-likeness (QED) is 0.488. The molecular formula is C5Cl4F8O. The van der Waals surface area contributed by atoms with Crippen molar-refractivity contribution in [1.29, 1.82) is 0 Å². The summed E-state index contributed by atoms with van der Waals surface area (Å²) >= 11 is 16.4. The molecule has 0 aromatic heterocycles. The summed E-state index contributed by atoms with van der Waals surface area (Å²) in [7, 11) is 0. The molecule has 0 heterocycles. The zero-order valence-electron chi connectivity index (χ0n) is 7.44. The van der Waals surface area contributed by atoms with Crippen LogP contribution in [0.1, 0.15) is 0 Å². The van der Waals surface area contributed by atoms with Gasteiger partial charge in [-0.05, 0) is 23.2 Å². The minimum atomic E-state index is -5.86. The Kier molecular flexibility index (Phi) is 4.99. The molecule has 18 heavy (non-hydrogen) atoms. The van der Waals surface area contributed by atoms with Gasteiger partial charge >= 0.3 is 22.8 Å². The molecule has 0 atom stereocenters. The van der Waals surface area contributed by atoms with E-state index < -0.39 is 27.3 Å². The van der Waals surface area contributed by atoms with Gasteiger partial charge in [0.15, 0.2) is 0 Å². The molecule has 0 amide bonds. The SMILES string of the molecule is FC(F)(Cl)C(F)(F)OC(Cl)(Cl)C(F)(F)C(F)(F)Cl. The lowest BCUT2D eigenvalue weighted by Gasteiger charge is -2.34. The molecule has 110 valence electrons. The van der Waals surface area contributed by atoms with E-state index in [0.29, 0.717) is 0 Å². The number of hydrogen-bond donors (Lipinski definition) is 0. The molecule has 0 aliphatic carbocycles. The summed E-state index contributed by atoms with van der Waals surface area (Å²) in [5.74, 6) is -5.82. The normalized spacial score (nSPS) is 16.0. The van der Waals surface area contributed by atoms with E-state index in [0.717, 1.165) is 0 Å². The Bertz CT molecular complexity index is 308. The van der Waals surface area contributed by atoms with Gasteiger partial charge in [0.1, 0.15) is 0 Å². The molecule has 0 saturated heterocycles. The van der Waals surface area contributed by atoms with Gasteiger partial charge in [-0.15, -0.1) is 0 Å². The maximum absolute atomic E-state index is 12.7. The first-order valence-electron chi connectivity index (χ1n) is 3.43. The number of hydrogen-bond acceptors (Lipinski definition) is 1. The highest BCUT2D eigenvalue weighted by atomic mass is 35.5. The highest BCUT2D eigenvalue weighted by Crippen LogP contribution is 2.54. The largest absolute Gasteiger partial charge is 0.437 e. The summed E-state index contributed by atoms with van der Waals surface area (Å²) in [6.45, 7) is 0. The molecule has 0 fully saturated rings. The molecule has 0 unspecified atom stereocenters. The molecule has 0 aliphatic heterocycles. The van der Waals surface area contributed by atoms with Crippen LogP contribution >= 0.6 is 46.4 Å². The number of halogens is 12. The van der Waals surface area contributed by atoms with Gasteiger partial charge in [-0.25, -0.2) is 0 Å². The first kappa shape index (κ1) is 18.6.